The monoisotopic (exact) mass is 298 g/mol. The second kappa shape index (κ2) is 8.77. The first-order chi connectivity index (χ1) is 10.8. The average Bonchev–Trinajstić information content (AvgIpc) is 2.58. The highest BCUT2D eigenvalue weighted by Gasteiger charge is 2.07. The highest BCUT2D eigenvalue weighted by atomic mass is 16.5. The van der Waals surface area contributed by atoms with Crippen molar-refractivity contribution in [1.82, 2.24) is 15.0 Å². The number of hydrogen-bond acceptors (Lipinski definition) is 5. The Labute approximate surface area is 131 Å². The molecule has 0 saturated heterocycles. The summed E-state index contributed by atoms with van der Waals surface area (Å²) in [5.74, 6) is 1.92. The third-order valence-corrected chi connectivity index (χ3v) is 3.13. The molecule has 1 N–H and O–H groups in total. The van der Waals surface area contributed by atoms with Crippen molar-refractivity contribution < 1.29 is 4.74 Å². The van der Waals surface area contributed by atoms with Gasteiger partial charge in [-0.2, -0.15) is 0 Å². The summed E-state index contributed by atoms with van der Waals surface area (Å²) in [4.78, 5) is 12.9. The molecule has 116 valence electrons. The lowest BCUT2D eigenvalue weighted by Crippen LogP contribution is -2.08. The Balaban J connectivity index is 2.03. The van der Waals surface area contributed by atoms with Crippen molar-refractivity contribution >= 4 is 11.9 Å². The number of unbranched alkanes of at least 4 members (excludes halogenated alkanes) is 2. The Morgan fingerprint density at radius 1 is 1.27 bits per heavy atom. The van der Waals surface area contributed by atoms with Gasteiger partial charge in [0.25, 0.3) is 0 Å². The molecule has 0 aliphatic carbocycles. The van der Waals surface area contributed by atoms with Crippen molar-refractivity contribution in [2.24, 2.45) is 0 Å². The van der Waals surface area contributed by atoms with Gasteiger partial charge < -0.3 is 10.1 Å². The van der Waals surface area contributed by atoms with Gasteiger partial charge in [-0.05, 0) is 24.6 Å². The summed E-state index contributed by atoms with van der Waals surface area (Å²) in [6.45, 7) is 7.14. The summed E-state index contributed by atoms with van der Waals surface area (Å²) in [6.07, 6.45) is 8.53. The molecule has 22 heavy (non-hydrogen) atoms. The van der Waals surface area contributed by atoms with E-state index in [0.29, 0.717) is 24.0 Å². The molecule has 0 bridgehead atoms. The Morgan fingerprint density at radius 2 is 2.18 bits per heavy atom. The first kappa shape index (κ1) is 15.9. The molecule has 2 aromatic heterocycles. The van der Waals surface area contributed by atoms with Crippen molar-refractivity contribution in [3.63, 3.8) is 0 Å². The molecule has 0 aliphatic heterocycles. The molecule has 0 saturated carbocycles. The summed E-state index contributed by atoms with van der Waals surface area (Å²) in [6, 6.07) is 5.74. The van der Waals surface area contributed by atoms with Crippen LogP contribution in [0.2, 0.25) is 0 Å². The van der Waals surface area contributed by atoms with Gasteiger partial charge in [-0.15, -0.1) is 0 Å². The summed E-state index contributed by atoms with van der Waals surface area (Å²) in [5, 5.41) is 3.31. The maximum absolute atomic E-state index is 5.80. The van der Waals surface area contributed by atoms with E-state index in [9.17, 15) is 0 Å². The van der Waals surface area contributed by atoms with Gasteiger partial charge in [-0.3, -0.25) is 4.98 Å². The van der Waals surface area contributed by atoms with Gasteiger partial charge in [0, 0.05) is 12.7 Å². The molecule has 0 amide bonds. The van der Waals surface area contributed by atoms with Crippen LogP contribution < -0.4 is 10.1 Å². The highest BCUT2D eigenvalue weighted by molar-refractivity contribution is 5.52. The molecular formula is C17H22N4O. The fourth-order valence-electron chi connectivity index (χ4n) is 1.93. The molecule has 0 atom stereocenters. The van der Waals surface area contributed by atoms with Crippen LogP contribution in [0.4, 0.5) is 5.82 Å². The van der Waals surface area contributed by atoms with Gasteiger partial charge in [0.05, 0.1) is 11.9 Å². The van der Waals surface area contributed by atoms with Gasteiger partial charge in [0.2, 0.25) is 0 Å². The molecule has 0 unspecified atom stereocenters. The van der Waals surface area contributed by atoms with E-state index in [0.717, 1.165) is 18.7 Å². The largest absolute Gasteiger partial charge is 0.482 e. The first-order valence-electron chi connectivity index (χ1n) is 7.59. The van der Waals surface area contributed by atoms with Crippen LogP contribution in [0, 0.1) is 0 Å². The van der Waals surface area contributed by atoms with E-state index in [4.69, 9.17) is 4.74 Å². The Kier molecular flexibility index (Phi) is 6.36. The molecule has 2 heterocycles. The molecule has 2 aromatic rings. The van der Waals surface area contributed by atoms with Crippen LogP contribution in [-0.4, -0.2) is 21.5 Å². The number of ether oxygens (including phenoxy) is 1. The molecule has 0 spiro atoms. The zero-order valence-electron chi connectivity index (χ0n) is 13.0. The molecule has 5 heteroatoms. The maximum atomic E-state index is 5.80. The Bertz CT molecular complexity index is 586. The lowest BCUT2D eigenvalue weighted by molar-refractivity contribution is 0.300. The molecule has 0 radical (unpaired) electrons. The van der Waals surface area contributed by atoms with Crippen LogP contribution >= 0.6 is 0 Å². The van der Waals surface area contributed by atoms with Gasteiger partial charge >= 0.3 is 0 Å². The summed E-state index contributed by atoms with van der Waals surface area (Å²) >= 11 is 0. The van der Waals surface area contributed by atoms with E-state index in [1.165, 1.54) is 12.8 Å². The van der Waals surface area contributed by atoms with Gasteiger partial charge in [-0.1, -0.05) is 32.4 Å². The van der Waals surface area contributed by atoms with Crippen molar-refractivity contribution in [3.8, 4) is 5.75 Å². The SMILES string of the molecule is C=Cc1ncc(OCc2ccccn2)c(NCCCCC)n1. The van der Waals surface area contributed by atoms with E-state index >= 15 is 0 Å². The highest BCUT2D eigenvalue weighted by Crippen LogP contribution is 2.22. The van der Waals surface area contributed by atoms with Crippen LogP contribution in [0.1, 0.15) is 37.7 Å². The van der Waals surface area contributed by atoms with E-state index in [-0.39, 0.29) is 0 Å². The molecule has 0 aromatic carbocycles. The minimum Gasteiger partial charge on any atom is -0.482 e. The predicted octanol–water partition coefficient (Wildman–Crippen LogP) is 3.70. The third-order valence-electron chi connectivity index (χ3n) is 3.13. The molecule has 2 rings (SSSR count). The second-order valence-corrected chi connectivity index (χ2v) is 4.89. The fourth-order valence-corrected chi connectivity index (χ4v) is 1.93. The molecule has 0 fully saturated rings. The maximum Gasteiger partial charge on any atom is 0.180 e. The number of nitrogens with zero attached hydrogens (tertiary/aromatic N) is 3. The Morgan fingerprint density at radius 3 is 2.91 bits per heavy atom. The van der Waals surface area contributed by atoms with Crippen LogP contribution in [0.5, 0.6) is 5.75 Å². The average molecular weight is 298 g/mol. The number of rotatable bonds is 9. The number of pyridine rings is 1. The topological polar surface area (TPSA) is 59.9 Å². The quantitative estimate of drug-likeness (QED) is 0.715. The van der Waals surface area contributed by atoms with E-state index in [1.807, 2.05) is 18.2 Å². The smallest absolute Gasteiger partial charge is 0.180 e. The normalized spacial score (nSPS) is 10.2. The number of hydrogen-bond donors (Lipinski definition) is 1. The molecule has 0 aliphatic rings. The zero-order chi connectivity index (χ0) is 15.6. The van der Waals surface area contributed by atoms with E-state index in [2.05, 4.69) is 33.8 Å². The van der Waals surface area contributed by atoms with Crippen molar-refractivity contribution in [2.45, 2.75) is 32.8 Å². The van der Waals surface area contributed by atoms with E-state index < -0.39 is 0 Å². The van der Waals surface area contributed by atoms with Crippen molar-refractivity contribution in [3.05, 3.63) is 48.7 Å². The van der Waals surface area contributed by atoms with Crippen LogP contribution in [0.15, 0.2) is 37.2 Å². The third kappa shape index (κ3) is 4.84. The second-order valence-electron chi connectivity index (χ2n) is 4.89. The van der Waals surface area contributed by atoms with Crippen molar-refractivity contribution in [2.75, 3.05) is 11.9 Å². The summed E-state index contributed by atoms with van der Waals surface area (Å²) in [7, 11) is 0. The van der Waals surface area contributed by atoms with Crippen LogP contribution in [0.3, 0.4) is 0 Å². The van der Waals surface area contributed by atoms with E-state index in [1.54, 1.807) is 18.5 Å². The lowest BCUT2D eigenvalue weighted by Gasteiger charge is -2.12. The first-order valence-corrected chi connectivity index (χ1v) is 7.59. The minimum absolute atomic E-state index is 0.390. The van der Waals surface area contributed by atoms with Crippen LogP contribution in [-0.2, 0) is 6.61 Å². The minimum atomic E-state index is 0.390. The summed E-state index contributed by atoms with van der Waals surface area (Å²) < 4.78 is 5.80. The van der Waals surface area contributed by atoms with Crippen molar-refractivity contribution in [1.29, 1.82) is 0 Å². The fraction of sp³-hybridized carbons (Fsp3) is 0.353. The van der Waals surface area contributed by atoms with Crippen LogP contribution in [0.25, 0.3) is 6.08 Å². The number of anilines is 1. The Hall–Kier alpha value is -2.43. The standard InChI is InChI=1S/C17H22N4O/c1-3-5-7-11-19-17-15(12-20-16(4-2)21-17)22-13-14-9-6-8-10-18-14/h4,6,8-10,12H,2-3,5,7,11,13H2,1H3,(H,19,20,21). The van der Waals surface area contributed by atoms with Gasteiger partial charge in [-0.25, -0.2) is 9.97 Å². The zero-order valence-corrected chi connectivity index (χ0v) is 13.0. The number of nitrogens with one attached hydrogen (secondary N) is 1. The number of aromatic nitrogens is 3. The molecular weight excluding hydrogens is 276 g/mol. The molecule has 5 nitrogen and oxygen atoms in total. The van der Waals surface area contributed by atoms with Gasteiger partial charge in [0.1, 0.15) is 6.61 Å². The summed E-state index contributed by atoms with van der Waals surface area (Å²) in [5.41, 5.74) is 0.868. The lowest BCUT2D eigenvalue weighted by atomic mass is 10.2. The predicted molar refractivity (Wildman–Crippen MR) is 88.7 cm³/mol. The van der Waals surface area contributed by atoms with Gasteiger partial charge in [0.15, 0.2) is 17.4 Å².